The summed E-state index contributed by atoms with van der Waals surface area (Å²) >= 11 is 0. The Morgan fingerprint density at radius 2 is 1.85 bits per heavy atom. The van der Waals surface area contributed by atoms with Crippen LogP contribution >= 0.6 is 0 Å². The number of benzene rings is 2. The molecule has 1 fully saturated rings. The summed E-state index contributed by atoms with van der Waals surface area (Å²) in [5, 5.41) is 2.71. The zero-order chi connectivity index (χ0) is 23.5. The molecule has 2 aromatic rings. The third-order valence-electron chi connectivity index (χ3n) is 5.90. The number of nitrogens with zero attached hydrogens (tertiary/aromatic N) is 1. The first-order chi connectivity index (χ1) is 15.9. The van der Waals surface area contributed by atoms with Gasteiger partial charge in [0.1, 0.15) is 0 Å². The molecular weight excluding hydrogens is 424 g/mol. The van der Waals surface area contributed by atoms with E-state index in [-0.39, 0.29) is 29.3 Å². The highest BCUT2D eigenvalue weighted by atomic mass is 16.5. The molecule has 0 spiro atoms. The lowest BCUT2D eigenvalue weighted by molar-refractivity contribution is -0.123. The van der Waals surface area contributed by atoms with E-state index in [0.717, 1.165) is 29.7 Å². The van der Waals surface area contributed by atoms with Gasteiger partial charge in [0.05, 0.1) is 29.3 Å². The van der Waals surface area contributed by atoms with Crippen molar-refractivity contribution >= 4 is 29.4 Å². The molecule has 2 unspecified atom stereocenters. The van der Waals surface area contributed by atoms with E-state index in [1.165, 1.54) is 25.1 Å². The number of nitrogens with one attached hydrogen (secondary N) is 1. The van der Waals surface area contributed by atoms with Crippen LogP contribution in [0.3, 0.4) is 0 Å². The molecule has 2 aliphatic rings. The SMILES string of the molecule is CCc1ccc(NC(=O)C(C)OC(=O)c2ccc3c(c2)C(=O)N(CC2CCCO2)C3=O)cc1. The Morgan fingerprint density at radius 1 is 1.12 bits per heavy atom. The molecule has 0 aromatic heterocycles. The third-order valence-corrected chi connectivity index (χ3v) is 5.90. The lowest BCUT2D eigenvalue weighted by atomic mass is 10.1. The van der Waals surface area contributed by atoms with Crippen molar-refractivity contribution in [2.24, 2.45) is 0 Å². The minimum absolute atomic E-state index is 0.0980. The van der Waals surface area contributed by atoms with Crippen LogP contribution in [0.15, 0.2) is 42.5 Å². The van der Waals surface area contributed by atoms with E-state index in [1.54, 1.807) is 12.1 Å². The maximum atomic E-state index is 12.8. The van der Waals surface area contributed by atoms with Gasteiger partial charge in [-0.2, -0.15) is 0 Å². The summed E-state index contributed by atoms with van der Waals surface area (Å²) in [6, 6.07) is 11.6. The normalized spacial score (nSPS) is 18.2. The molecule has 3 amide bonds. The Balaban J connectivity index is 1.40. The predicted octanol–water partition coefficient (Wildman–Crippen LogP) is 3.21. The van der Waals surface area contributed by atoms with E-state index in [2.05, 4.69) is 5.32 Å². The van der Waals surface area contributed by atoms with Gasteiger partial charge in [0.2, 0.25) is 0 Å². The van der Waals surface area contributed by atoms with E-state index < -0.39 is 29.8 Å². The third kappa shape index (κ3) is 4.80. The zero-order valence-electron chi connectivity index (χ0n) is 18.6. The van der Waals surface area contributed by atoms with Crippen molar-refractivity contribution in [2.75, 3.05) is 18.5 Å². The van der Waals surface area contributed by atoms with Crippen molar-refractivity contribution in [3.8, 4) is 0 Å². The van der Waals surface area contributed by atoms with Gasteiger partial charge in [0.15, 0.2) is 6.10 Å². The molecule has 1 saturated heterocycles. The molecule has 172 valence electrons. The van der Waals surface area contributed by atoms with E-state index in [4.69, 9.17) is 9.47 Å². The number of rotatable bonds is 7. The highest BCUT2D eigenvalue weighted by Gasteiger charge is 2.38. The van der Waals surface area contributed by atoms with Crippen LogP contribution in [0.2, 0.25) is 0 Å². The number of carbonyl (C=O) groups excluding carboxylic acids is 4. The van der Waals surface area contributed by atoms with Gasteiger partial charge in [-0.3, -0.25) is 19.3 Å². The van der Waals surface area contributed by atoms with Crippen molar-refractivity contribution in [3.63, 3.8) is 0 Å². The van der Waals surface area contributed by atoms with Crippen LogP contribution in [0, 0.1) is 0 Å². The number of amides is 3. The minimum Gasteiger partial charge on any atom is -0.449 e. The number of fused-ring (bicyclic) bond motifs is 1. The molecule has 2 atom stereocenters. The van der Waals surface area contributed by atoms with Gasteiger partial charge in [-0.05, 0) is 62.1 Å². The Morgan fingerprint density at radius 3 is 2.52 bits per heavy atom. The molecule has 33 heavy (non-hydrogen) atoms. The summed E-state index contributed by atoms with van der Waals surface area (Å²) in [4.78, 5) is 51.6. The van der Waals surface area contributed by atoms with Crippen LogP contribution in [-0.4, -0.2) is 54.0 Å². The number of anilines is 1. The van der Waals surface area contributed by atoms with E-state index in [0.29, 0.717) is 12.3 Å². The molecule has 0 radical (unpaired) electrons. The van der Waals surface area contributed by atoms with E-state index in [9.17, 15) is 19.2 Å². The van der Waals surface area contributed by atoms with Gasteiger partial charge in [0, 0.05) is 12.3 Å². The lowest BCUT2D eigenvalue weighted by Crippen LogP contribution is -2.36. The van der Waals surface area contributed by atoms with Crippen LogP contribution in [0.5, 0.6) is 0 Å². The predicted molar refractivity (Wildman–Crippen MR) is 120 cm³/mol. The summed E-state index contributed by atoms with van der Waals surface area (Å²) in [7, 11) is 0. The standard InChI is InChI=1S/C25H26N2O6/c1-3-16-6-9-18(10-7-16)26-22(28)15(2)33-25(31)17-8-11-20-21(13-17)24(30)27(23(20)29)14-19-5-4-12-32-19/h6-11,13,15,19H,3-5,12,14H2,1-2H3,(H,26,28). The maximum Gasteiger partial charge on any atom is 0.338 e. The fraction of sp³-hybridized carbons (Fsp3) is 0.360. The smallest absolute Gasteiger partial charge is 0.338 e. The zero-order valence-corrected chi connectivity index (χ0v) is 18.6. The number of carbonyl (C=O) groups is 4. The first-order valence-electron chi connectivity index (χ1n) is 11.1. The molecule has 1 N–H and O–H groups in total. The topological polar surface area (TPSA) is 102 Å². The second kappa shape index (κ2) is 9.54. The summed E-state index contributed by atoms with van der Waals surface area (Å²) < 4.78 is 10.8. The van der Waals surface area contributed by atoms with Gasteiger partial charge in [0.25, 0.3) is 17.7 Å². The average molecular weight is 450 g/mol. The molecule has 8 heteroatoms. The second-order valence-electron chi connectivity index (χ2n) is 8.20. The first kappa shape index (κ1) is 22.7. The van der Waals surface area contributed by atoms with Crippen molar-refractivity contribution in [1.29, 1.82) is 0 Å². The molecule has 2 aliphatic heterocycles. The summed E-state index contributed by atoms with van der Waals surface area (Å²) in [6.45, 7) is 4.33. The van der Waals surface area contributed by atoms with Crippen LogP contribution < -0.4 is 5.32 Å². The number of imide groups is 1. The molecule has 8 nitrogen and oxygen atoms in total. The largest absolute Gasteiger partial charge is 0.449 e. The van der Waals surface area contributed by atoms with Gasteiger partial charge in [-0.15, -0.1) is 0 Å². The Labute approximate surface area is 191 Å². The van der Waals surface area contributed by atoms with Crippen LogP contribution in [-0.2, 0) is 20.7 Å². The van der Waals surface area contributed by atoms with Crippen LogP contribution in [0.4, 0.5) is 5.69 Å². The van der Waals surface area contributed by atoms with Crippen LogP contribution in [0.1, 0.15) is 63.3 Å². The molecular formula is C25H26N2O6. The Kier molecular flexibility index (Phi) is 6.55. The van der Waals surface area contributed by atoms with E-state index in [1.807, 2.05) is 19.1 Å². The molecule has 2 aromatic carbocycles. The Bertz CT molecular complexity index is 1090. The molecule has 2 heterocycles. The van der Waals surface area contributed by atoms with Crippen molar-refractivity contribution in [2.45, 2.75) is 45.3 Å². The highest BCUT2D eigenvalue weighted by Crippen LogP contribution is 2.26. The second-order valence-corrected chi connectivity index (χ2v) is 8.20. The first-order valence-corrected chi connectivity index (χ1v) is 11.1. The molecule has 0 saturated carbocycles. The molecule has 0 bridgehead atoms. The fourth-order valence-electron chi connectivity index (χ4n) is 3.93. The number of aryl methyl sites for hydroxylation is 1. The number of esters is 1. The highest BCUT2D eigenvalue weighted by molar-refractivity contribution is 6.22. The fourth-order valence-corrected chi connectivity index (χ4v) is 3.93. The lowest BCUT2D eigenvalue weighted by Gasteiger charge is -2.17. The quantitative estimate of drug-likeness (QED) is 0.513. The number of ether oxygens (including phenoxy) is 2. The monoisotopic (exact) mass is 450 g/mol. The molecule has 0 aliphatic carbocycles. The van der Waals surface area contributed by atoms with Crippen molar-refractivity contribution < 1.29 is 28.7 Å². The average Bonchev–Trinajstić information content (AvgIpc) is 3.42. The van der Waals surface area contributed by atoms with Crippen LogP contribution in [0.25, 0.3) is 0 Å². The summed E-state index contributed by atoms with van der Waals surface area (Å²) in [5.41, 5.74) is 2.25. The molecule has 4 rings (SSSR count). The van der Waals surface area contributed by atoms with Gasteiger partial charge < -0.3 is 14.8 Å². The van der Waals surface area contributed by atoms with Gasteiger partial charge in [-0.1, -0.05) is 19.1 Å². The van der Waals surface area contributed by atoms with Gasteiger partial charge >= 0.3 is 5.97 Å². The van der Waals surface area contributed by atoms with Crippen molar-refractivity contribution in [3.05, 3.63) is 64.7 Å². The summed E-state index contributed by atoms with van der Waals surface area (Å²) in [5.74, 6) is -2.07. The number of hydrogen-bond donors (Lipinski definition) is 1. The van der Waals surface area contributed by atoms with Gasteiger partial charge in [-0.25, -0.2) is 4.79 Å². The Hall–Kier alpha value is -3.52. The van der Waals surface area contributed by atoms with Crippen molar-refractivity contribution in [1.82, 2.24) is 4.90 Å². The van der Waals surface area contributed by atoms with E-state index >= 15 is 0 Å². The number of hydrogen-bond acceptors (Lipinski definition) is 6. The summed E-state index contributed by atoms with van der Waals surface area (Å²) in [6.07, 6.45) is 1.38. The maximum absolute atomic E-state index is 12.8. The minimum atomic E-state index is -1.05.